The lowest BCUT2D eigenvalue weighted by Crippen LogP contribution is -2.40. The highest BCUT2D eigenvalue weighted by Gasteiger charge is 2.28. The van der Waals surface area contributed by atoms with Gasteiger partial charge in [-0.2, -0.15) is 0 Å². The average molecular weight is 301 g/mol. The number of amides is 1. The molecule has 1 saturated carbocycles. The lowest BCUT2D eigenvalue weighted by atomic mass is 9.87. The molecule has 1 aliphatic carbocycles. The number of carbonyl (C=O) groups excluding carboxylic acids is 1. The van der Waals surface area contributed by atoms with Gasteiger partial charge in [-0.1, -0.05) is 44.4 Å². The highest BCUT2D eigenvalue weighted by atomic mass is 16.3. The van der Waals surface area contributed by atoms with Crippen LogP contribution in [0.2, 0.25) is 0 Å². The zero-order chi connectivity index (χ0) is 15.5. The Balaban J connectivity index is 1.73. The molecule has 0 radical (unpaired) electrons. The summed E-state index contributed by atoms with van der Waals surface area (Å²) in [7, 11) is 0. The molecule has 3 rings (SSSR count). The van der Waals surface area contributed by atoms with Gasteiger partial charge in [0.2, 0.25) is 5.91 Å². The minimum absolute atomic E-state index is 0.250. The summed E-state index contributed by atoms with van der Waals surface area (Å²) in [6.45, 7) is 3.55. The average Bonchev–Trinajstić information content (AvgIpc) is 2.60. The Morgan fingerprint density at radius 2 is 2.05 bits per heavy atom. The lowest BCUT2D eigenvalue weighted by molar-refractivity contribution is -0.137. The minimum Gasteiger partial charge on any atom is -0.388 e. The van der Waals surface area contributed by atoms with Crippen LogP contribution in [0.1, 0.15) is 68.2 Å². The van der Waals surface area contributed by atoms with Crippen molar-refractivity contribution < 1.29 is 9.90 Å². The van der Waals surface area contributed by atoms with Crippen LogP contribution in [0.5, 0.6) is 0 Å². The summed E-state index contributed by atoms with van der Waals surface area (Å²) in [4.78, 5) is 14.8. The molecule has 120 valence electrons. The summed E-state index contributed by atoms with van der Waals surface area (Å²) in [5, 5.41) is 10.0. The summed E-state index contributed by atoms with van der Waals surface area (Å²) in [6, 6.07) is 6.27. The molecular formula is C19H27NO2. The SMILES string of the molecule is CCC(O)c1ccc2c(c1)CN(C(=O)C1CCCCC1)CC2. The van der Waals surface area contributed by atoms with Gasteiger partial charge in [0.25, 0.3) is 0 Å². The maximum Gasteiger partial charge on any atom is 0.225 e. The Bertz CT molecular complexity index is 534. The maximum atomic E-state index is 12.7. The Hall–Kier alpha value is -1.35. The molecule has 1 unspecified atom stereocenters. The summed E-state index contributed by atoms with van der Waals surface area (Å²) in [5.74, 6) is 0.603. The molecular weight excluding hydrogens is 274 g/mol. The molecule has 0 saturated heterocycles. The van der Waals surface area contributed by atoms with Crippen molar-refractivity contribution in [2.24, 2.45) is 5.92 Å². The van der Waals surface area contributed by atoms with Crippen LogP contribution in [0, 0.1) is 5.92 Å². The van der Waals surface area contributed by atoms with E-state index in [1.165, 1.54) is 30.4 Å². The number of nitrogens with zero attached hydrogens (tertiary/aromatic N) is 1. The van der Waals surface area contributed by atoms with Crippen molar-refractivity contribution in [1.29, 1.82) is 0 Å². The molecule has 1 aliphatic heterocycles. The third-order valence-corrected chi connectivity index (χ3v) is 5.28. The number of aliphatic hydroxyl groups is 1. The predicted octanol–water partition coefficient (Wildman–Crippen LogP) is 3.60. The van der Waals surface area contributed by atoms with E-state index in [4.69, 9.17) is 0 Å². The van der Waals surface area contributed by atoms with Gasteiger partial charge in [-0.25, -0.2) is 0 Å². The van der Waals surface area contributed by atoms with Crippen LogP contribution in [0.15, 0.2) is 18.2 Å². The normalized spacial score (nSPS) is 20.5. The van der Waals surface area contributed by atoms with Crippen LogP contribution in [-0.2, 0) is 17.8 Å². The fourth-order valence-corrected chi connectivity index (χ4v) is 3.82. The number of carbonyl (C=O) groups is 1. The molecule has 3 heteroatoms. The lowest BCUT2D eigenvalue weighted by Gasteiger charge is -2.33. The van der Waals surface area contributed by atoms with Gasteiger partial charge in [-0.15, -0.1) is 0 Å². The summed E-state index contributed by atoms with van der Waals surface area (Å²) < 4.78 is 0. The number of rotatable bonds is 3. The number of fused-ring (bicyclic) bond motifs is 1. The first-order valence-electron chi connectivity index (χ1n) is 8.77. The van der Waals surface area contributed by atoms with Gasteiger partial charge in [0, 0.05) is 19.0 Å². The predicted molar refractivity (Wildman–Crippen MR) is 87.4 cm³/mol. The van der Waals surface area contributed by atoms with Gasteiger partial charge in [-0.3, -0.25) is 4.79 Å². The van der Waals surface area contributed by atoms with Gasteiger partial charge >= 0.3 is 0 Å². The van der Waals surface area contributed by atoms with E-state index in [0.717, 1.165) is 44.3 Å². The van der Waals surface area contributed by atoms with E-state index in [1.54, 1.807) is 0 Å². The first-order valence-corrected chi connectivity index (χ1v) is 8.77. The van der Waals surface area contributed by atoms with Crippen molar-refractivity contribution in [3.05, 3.63) is 34.9 Å². The van der Waals surface area contributed by atoms with E-state index in [-0.39, 0.29) is 5.92 Å². The van der Waals surface area contributed by atoms with Crippen molar-refractivity contribution in [3.8, 4) is 0 Å². The minimum atomic E-state index is -0.394. The van der Waals surface area contributed by atoms with Crippen LogP contribution < -0.4 is 0 Å². The highest BCUT2D eigenvalue weighted by Crippen LogP contribution is 2.29. The van der Waals surface area contributed by atoms with Crippen molar-refractivity contribution in [2.75, 3.05) is 6.54 Å². The molecule has 1 N–H and O–H groups in total. The topological polar surface area (TPSA) is 40.5 Å². The van der Waals surface area contributed by atoms with E-state index < -0.39 is 6.10 Å². The smallest absolute Gasteiger partial charge is 0.225 e. The van der Waals surface area contributed by atoms with E-state index in [2.05, 4.69) is 12.1 Å². The molecule has 0 aromatic heterocycles. The Morgan fingerprint density at radius 1 is 1.27 bits per heavy atom. The summed E-state index contributed by atoms with van der Waals surface area (Å²) >= 11 is 0. The zero-order valence-corrected chi connectivity index (χ0v) is 13.6. The molecule has 22 heavy (non-hydrogen) atoms. The van der Waals surface area contributed by atoms with E-state index in [9.17, 15) is 9.90 Å². The van der Waals surface area contributed by atoms with Gasteiger partial charge in [0.05, 0.1) is 6.10 Å². The van der Waals surface area contributed by atoms with Crippen LogP contribution in [0.25, 0.3) is 0 Å². The largest absolute Gasteiger partial charge is 0.388 e. The van der Waals surface area contributed by atoms with E-state index in [0.29, 0.717) is 5.91 Å². The standard InChI is InChI=1S/C19H27NO2/c1-2-18(21)16-9-8-14-10-11-20(13-17(14)12-16)19(22)15-6-4-3-5-7-15/h8-9,12,15,18,21H,2-7,10-11,13H2,1H3. The number of aliphatic hydroxyl groups excluding tert-OH is 1. The van der Waals surface area contributed by atoms with Gasteiger partial charge in [0.15, 0.2) is 0 Å². The fraction of sp³-hybridized carbons (Fsp3) is 0.632. The third-order valence-electron chi connectivity index (χ3n) is 5.28. The Kier molecular flexibility index (Phi) is 4.82. The van der Waals surface area contributed by atoms with Crippen molar-refractivity contribution in [2.45, 2.75) is 64.5 Å². The molecule has 3 nitrogen and oxygen atoms in total. The van der Waals surface area contributed by atoms with Gasteiger partial charge < -0.3 is 10.0 Å². The molecule has 1 fully saturated rings. The van der Waals surface area contributed by atoms with Crippen molar-refractivity contribution in [3.63, 3.8) is 0 Å². The van der Waals surface area contributed by atoms with Crippen LogP contribution >= 0.6 is 0 Å². The molecule has 1 aromatic rings. The third kappa shape index (κ3) is 3.19. The van der Waals surface area contributed by atoms with Crippen LogP contribution in [-0.4, -0.2) is 22.5 Å². The molecule has 0 spiro atoms. The maximum absolute atomic E-state index is 12.7. The quantitative estimate of drug-likeness (QED) is 0.926. The monoisotopic (exact) mass is 301 g/mol. The number of hydrogen-bond acceptors (Lipinski definition) is 2. The second-order valence-corrected chi connectivity index (χ2v) is 6.80. The molecule has 2 aliphatic rings. The molecule has 1 atom stereocenters. The number of hydrogen-bond donors (Lipinski definition) is 1. The molecule has 1 amide bonds. The van der Waals surface area contributed by atoms with Crippen LogP contribution in [0.3, 0.4) is 0 Å². The number of benzene rings is 1. The Labute approximate surface area is 133 Å². The first-order chi connectivity index (χ1) is 10.7. The second-order valence-electron chi connectivity index (χ2n) is 6.80. The molecule has 0 bridgehead atoms. The van der Waals surface area contributed by atoms with Crippen molar-refractivity contribution in [1.82, 2.24) is 4.90 Å². The zero-order valence-electron chi connectivity index (χ0n) is 13.6. The summed E-state index contributed by atoms with van der Waals surface area (Å²) in [6.07, 6.45) is 7.09. The van der Waals surface area contributed by atoms with Crippen molar-refractivity contribution >= 4 is 5.91 Å². The van der Waals surface area contributed by atoms with E-state index >= 15 is 0 Å². The fourth-order valence-electron chi connectivity index (χ4n) is 3.82. The van der Waals surface area contributed by atoms with Crippen LogP contribution in [0.4, 0.5) is 0 Å². The molecule has 1 heterocycles. The molecule has 1 aromatic carbocycles. The first kappa shape index (κ1) is 15.5. The highest BCUT2D eigenvalue weighted by molar-refractivity contribution is 5.79. The van der Waals surface area contributed by atoms with Gasteiger partial charge in [-0.05, 0) is 42.4 Å². The Morgan fingerprint density at radius 3 is 2.77 bits per heavy atom. The van der Waals surface area contributed by atoms with E-state index in [1.807, 2.05) is 17.9 Å². The van der Waals surface area contributed by atoms with Gasteiger partial charge in [0.1, 0.15) is 0 Å². The summed E-state index contributed by atoms with van der Waals surface area (Å²) in [5.41, 5.74) is 3.54. The second kappa shape index (κ2) is 6.82.